The van der Waals surface area contributed by atoms with Crippen molar-refractivity contribution < 1.29 is 9.59 Å². The van der Waals surface area contributed by atoms with Gasteiger partial charge in [-0.3, -0.25) is 9.59 Å². The molecular weight excluding hydrogens is 236 g/mol. The minimum absolute atomic E-state index is 0.0833. The molecule has 0 aliphatic rings. The highest BCUT2D eigenvalue weighted by Crippen LogP contribution is 1.98. The molecule has 8 nitrogen and oxygen atoms in total. The van der Waals surface area contributed by atoms with E-state index in [9.17, 15) is 9.59 Å². The van der Waals surface area contributed by atoms with Crippen LogP contribution in [0.1, 0.15) is 6.92 Å². The summed E-state index contributed by atoms with van der Waals surface area (Å²) in [6.07, 6.45) is 1.51. The number of likely N-dealkylation sites (N-methyl/N-ethyl adjacent to an activating group) is 1. The molecule has 0 unspecified atom stereocenters. The third kappa shape index (κ3) is 5.39. The molecule has 0 radical (unpaired) electrons. The third-order valence-corrected chi connectivity index (χ3v) is 2.03. The first-order valence-corrected chi connectivity index (χ1v) is 5.56. The fraction of sp³-hybridized carbons (Fsp3) is 0.600. The van der Waals surface area contributed by atoms with Crippen molar-refractivity contribution in [1.82, 2.24) is 25.2 Å². The lowest BCUT2D eigenvalue weighted by molar-refractivity contribution is -0.121. The van der Waals surface area contributed by atoms with E-state index < -0.39 is 0 Å². The standard InChI is InChI=1S/C10H18N6O2/c1-8(17)12-9-6-16(14-13-9)7-10(18)11-4-5-15(2)3/h6H,4-5,7H2,1-3H3,(H,11,18)(H,12,17). The number of aromatic nitrogens is 3. The maximum Gasteiger partial charge on any atom is 0.241 e. The van der Waals surface area contributed by atoms with E-state index in [4.69, 9.17) is 0 Å². The SMILES string of the molecule is CC(=O)Nc1cn(CC(=O)NCCN(C)C)nn1. The molecular formula is C10H18N6O2. The van der Waals surface area contributed by atoms with Gasteiger partial charge in [0, 0.05) is 20.0 Å². The zero-order valence-electron chi connectivity index (χ0n) is 10.8. The molecule has 0 spiro atoms. The van der Waals surface area contributed by atoms with Crippen LogP contribution in [0.3, 0.4) is 0 Å². The van der Waals surface area contributed by atoms with Gasteiger partial charge in [0.25, 0.3) is 0 Å². The predicted octanol–water partition coefficient (Wildman–Crippen LogP) is -1.09. The van der Waals surface area contributed by atoms with Crippen molar-refractivity contribution >= 4 is 17.6 Å². The molecule has 0 saturated carbocycles. The van der Waals surface area contributed by atoms with Crippen LogP contribution in [0.2, 0.25) is 0 Å². The van der Waals surface area contributed by atoms with Gasteiger partial charge < -0.3 is 15.5 Å². The van der Waals surface area contributed by atoms with E-state index in [-0.39, 0.29) is 18.4 Å². The van der Waals surface area contributed by atoms with E-state index in [2.05, 4.69) is 20.9 Å². The topological polar surface area (TPSA) is 92.2 Å². The van der Waals surface area contributed by atoms with Gasteiger partial charge in [0.05, 0.1) is 6.20 Å². The molecule has 8 heteroatoms. The van der Waals surface area contributed by atoms with E-state index in [1.807, 2.05) is 19.0 Å². The number of nitrogens with one attached hydrogen (secondary N) is 2. The zero-order chi connectivity index (χ0) is 13.5. The number of amides is 2. The molecule has 0 fully saturated rings. The summed E-state index contributed by atoms with van der Waals surface area (Å²) >= 11 is 0. The van der Waals surface area contributed by atoms with E-state index in [0.29, 0.717) is 12.4 Å². The number of carbonyl (C=O) groups is 2. The van der Waals surface area contributed by atoms with Crippen LogP contribution in [-0.2, 0) is 16.1 Å². The Bertz CT molecular complexity index is 414. The van der Waals surface area contributed by atoms with Gasteiger partial charge in [0.2, 0.25) is 11.8 Å². The Morgan fingerprint density at radius 2 is 2.17 bits per heavy atom. The molecule has 1 heterocycles. The minimum atomic E-state index is -0.225. The van der Waals surface area contributed by atoms with Gasteiger partial charge in [-0.1, -0.05) is 5.21 Å². The summed E-state index contributed by atoms with van der Waals surface area (Å²) in [6.45, 7) is 2.83. The Morgan fingerprint density at radius 3 is 2.78 bits per heavy atom. The summed E-state index contributed by atoms with van der Waals surface area (Å²) in [6, 6.07) is 0. The quantitative estimate of drug-likeness (QED) is 0.673. The predicted molar refractivity (Wildman–Crippen MR) is 65.9 cm³/mol. The van der Waals surface area contributed by atoms with Crippen LogP contribution in [0.5, 0.6) is 0 Å². The van der Waals surface area contributed by atoms with Gasteiger partial charge in [0.1, 0.15) is 6.54 Å². The van der Waals surface area contributed by atoms with E-state index in [0.717, 1.165) is 6.54 Å². The lowest BCUT2D eigenvalue weighted by Gasteiger charge is -2.10. The van der Waals surface area contributed by atoms with Crippen LogP contribution in [0.15, 0.2) is 6.20 Å². The third-order valence-electron chi connectivity index (χ3n) is 2.03. The maximum atomic E-state index is 11.5. The number of hydrogen-bond donors (Lipinski definition) is 2. The number of rotatable bonds is 6. The molecule has 2 amide bonds. The molecule has 0 aromatic carbocycles. The lowest BCUT2D eigenvalue weighted by Crippen LogP contribution is -2.33. The first kappa shape index (κ1) is 14.1. The number of hydrogen-bond acceptors (Lipinski definition) is 5. The zero-order valence-corrected chi connectivity index (χ0v) is 10.8. The van der Waals surface area contributed by atoms with Crippen LogP contribution in [0.4, 0.5) is 5.82 Å². The van der Waals surface area contributed by atoms with Crippen LogP contribution in [-0.4, -0.2) is 58.9 Å². The Hall–Kier alpha value is -1.96. The van der Waals surface area contributed by atoms with E-state index in [1.54, 1.807) is 0 Å². The molecule has 0 saturated heterocycles. The maximum absolute atomic E-state index is 11.5. The fourth-order valence-electron chi connectivity index (χ4n) is 1.24. The molecule has 1 aromatic rings. The van der Waals surface area contributed by atoms with Gasteiger partial charge >= 0.3 is 0 Å². The van der Waals surface area contributed by atoms with Crippen LogP contribution in [0.25, 0.3) is 0 Å². The first-order valence-electron chi connectivity index (χ1n) is 5.56. The highest BCUT2D eigenvalue weighted by atomic mass is 16.2. The lowest BCUT2D eigenvalue weighted by atomic mass is 10.5. The average molecular weight is 254 g/mol. The van der Waals surface area contributed by atoms with Crippen molar-refractivity contribution in [1.29, 1.82) is 0 Å². The Labute approximate surface area is 105 Å². The van der Waals surface area contributed by atoms with Crippen molar-refractivity contribution in [3.05, 3.63) is 6.20 Å². The van der Waals surface area contributed by atoms with Crippen molar-refractivity contribution in [3.8, 4) is 0 Å². The molecule has 0 aliphatic heterocycles. The van der Waals surface area contributed by atoms with Crippen molar-refractivity contribution in [2.75, 3.05) is 32.5 Å². The van der Waals surface area contributed by atoms with Crippen molar-refractivity contribution in [2.24, 2.45) is 0 Å². The van der Waals surface area contributed by atoms with Crippen LogP contribution in [0, 0.1) is 0 Å². The first-order chi connectivity index (χ1) is 8.47. The normalized spacial score (nSPS) is 10.4. The summed E-state index contributed by atoms with van der Waals surface area (Å²) < 4.78 is 1.37. The van der Waals surface area contributed by atoms with Crippen LogP contribution < -0.4 is 10.6 Å². The second-order valence-electron chi connectivity index (χ2n) is 4.14. The summed E-state index contributed by atoms with van der Waals surface area (Å²) in [5, 5.41) is 12.7. The molecule has 0 aliphatic carbocycles. The van der Waals surface area contributed by atoms with Gasteiger partial charge in [-0.25, -0.2) is 4.68 Å². The average Bonchev–Trinajstić information content (AvgIpc) is 2.63. The summed E-state index contributed by atoms with van der Waals surface area (Å²) in [5.74, 6) is -0.0304. The monoisotopic (exact) mass is 254 g/mol. The van der Waals surface area contributed by atoms with E-state index in [1.165, 1.54) is 17.8 Å². The molecule has 1 rings (SSSR count). The molecule has 18 heavy (non-hydrogen) atoms. The second-order valence-corrected chi connectivity index (χ2v) is 4.14. The molecule has 1 aromatic heterocycles. The van der Waals surface area contributed by atoms with Gasteiger partial charge in [-0.15, -0.1) is 5.10 Å². The highest BCUT2D eigenvalue weighted by molar-refractivity contribution is 5.87. The molecule has 0 atom stereocenters. The van der Waals surface area contributed by atoms with Crippen molar-refractivity contribution in [2.45, 2.75) is 13.5 Å². The smallest absolute Gasteiger partial charge is 0.241 e. The Kier molecular flexibility index (Phi) is 5.25. The second kappa shape index (κ2) is 6.70. The highest BCUT2D eigenvalue weighted by Gasteiger charge is 2.06. The van der Waals surface area contributed by atoms with Gasteiger partial charge in [-0.2, -0.15) is 0 Å². The van der Waals surface area contributed by atoms with Gasteiger partial charge in [0.15, 0.2) is 5.82 Å². The number of nitrogens with zero attached hydrogens (tertiary/aromatic N) is 4. The summed E-state index contributed by atoms with van der Waals surface area (Å²) in [4.78, 5) is 24.3. The Balaban J connectivity index is 2.35. The number of carbonyl (C=O) groups excluding carboxylic acids is 2. The minimum Gasteiger partial charge on any atom is -0.353 e. The summed E-state index contributed by atoms with van der Waals surface area (Å²) in [7, 11) is 3.87. The van der Waals surface area contributed by atoms with Crippen LogP contribution >= 0.6 is 0 Å². The number of anilines is 1. The summed E-state index contributed by atoms with van der Waals surface area (Å²) in [5.41, 5.74) is 0. The Morgan fingerprint density at radius 1 is 1.44 bits per heavy atom. The molecule has 100 valence electrons. The van der Waals surface area contributed by atoms with Gasteiger partial charge in [-0.05, 0) is 14.1 Å². The molecule has 0 bridgehead atoms. The van der Waals surface area contributed by atoms with E-state index >= 15 is 0 Å². The fourth-order valence-corrected chi connectivity index (χ4v) is 1.24. The van der Waals surface area contributed by atoms with Crippen molar-refractivity contribution in [3.63, 3.8) is 0 Å². The molecule has 2 N–H and O–H groups in total. The largest absolute Gasteiger partial charge is 0.353 e.